The molecule has 2 aromatic rings. The van der Waals surface area contributed by atoms with Crippen LogP contribution in [0.3, 0.4) is 0 Å². The molecule has 0 aliphatic carbocycles. The second-order valence-corrected chi connectivity index (χ2v) is 4.94. The van der Waals surface area contributed by atoms with Crippen molar-refractivity contribution >= 4 is 5.69 Å². The molecule has 0 saturated heterocycles. The van der Waals surface area contributed by atoms with Gasteiger partial charge in [-0.3, -0.25) is 0 Å². The van der Waals surface area contributed by atoms with Crippen LogP contribution in [0.25, 0.3) is 0 Å². The predicted molar refractivity (Wildman–Crippen MR) is 82.6 cm³/mol. The molecule has 0 radical (unpaired) electrons. The van der Waals surface area contributed by atoms with Gasteiger partial charge in [0.25, 0.3) is 0 Å². The van der Waals surface area contributed by atoms with Crippen molar-refractivity contribution in [3.05, 3.63) is 65.2 Å². The van der Waals surface area contributed by atoms with Crippen molar-refractivity contribution in [2.75, 3.05) is 19.0 Å². The Balaban J connectivity index is 2.38. The Hall–Kier alpha value is -2.20. The lowest BCUT2D eigenvalue weighted by Gasteiger charge is -2.17. The molecule has 0 aromatic heterocycles. The van der Waals surface area contributed by atoms with E-state index in [0.717, 1.165) is 0 Å². The third-order valence-electron chi connectivity index (χ3n) is 3.41. The van der Waals surface area contributed by atoms with Crippen LogP contribution in [0.5, 0.6) is 0 Å². The lowest BCUT2D eigenvalue weighted by molar-refractivity contribution is 1.04. The van der Waals surface area contributed by atoms with E-state index in [1.165, 1.54) is 22.4 Å². The number of hydrogen-bond donors (Lipinski definition) is 0. The van der Waals surface area contributed by atoms with Crippen molar-refractivity contribution in [3.8, 4) is 12.3 Å². The van der Waals surface area contributed by atoms with Gasteiger partial charge in [0.1, 0.15) is 0 Å². The molecule has 0 spiro atoms. The van der Waals surface area contributed by atoms with Crippen LogP contribution in [-0.2, 0) is 0 Å². The third-order valence-corrected chi connectivity index (χ3v) is 3.41. The van der Waals surface area contributed by atoms with Gasteiger partial charge in [-0.05, 0) is 35.7 Å². The predicted octanol–water partition coefficient (Wildman–Crippen LogP) is 3.83. The fraction of sp³-hybridized carbons (Fsp3) is 0.222. The van der Waals surface area contributed by atoms with Crippen LogP contribution < -0.4 is 4.90 Å². The minimum absolute atomic E-state index is 0.0254. The van der Waals surface area contributed by atoms with Crippen LogP contribution in [-0.4, -0.2) is 14.1 Å². The highest BCUT2D eigenvalue weighted by atomic mass is 15.1. The molecular formula is C18H19N. The summed E-state index contributed by atoms with van der Waals surface area (Å²) in [6, 6.07) is 16.8. The monoisotopic (exact) mass is 249 g/mol. The number of anilines is 1. The van der Waals surface area contributed by atoms with Crippen LogP contribution in [0, 0.1) is 19.3 Å². The molecule has 1 heteroatoms. The molecule has 19 heavy (non-hydrogen) atoms. The van der Waals surface area contributed by atoms with Gasteiger partial charge in [0.15, 0.2) is 0 Å². The molecule has 0 amide bonds. The van der Waals surface area contributed by atoms with E-state index >= 15 is 0 Å². The van der Waals surface area contributed by atoms with Crippen LogP contribution in [0.1, 0.15) is 22.6 Å². The van der Waals surface area contributed by atoms with Crippen molar-refractivity contribution < 1.29 is 0 Å². The van der Waals surface area contributed by atoms with E-state index in [1.807, 2.05) is 26.2 Å². The summed E-state index contributed by atoms with van der Waals surface area (Å²) in [5.74, 6) is 2.94. The Kier molecular flexibility index (Phi) is 3.92. The Morgan fingerprint density at radius 3 is 2.16 bits per heavy atom. The molecule has 2 aromatic carbocycles. The Morgan fingerprint density at radius 2 is 1.63 bits per heavy atom. The summed E-state index contributed by atoms with van der Waals surface area (Å²) >= 11 is 0. The van der Waals surface area contributed by atoms with Crippen LogP contribution in [0.15, 0.2) is 48.5 Å². The van der Waals surface area contributed by atoms with E-state index in [-0.39, 0.29) is 5.92 Å². The molecule has 1 nitrogen and oxygen atoms in total. The first-order valence-corrected chi connectivity index (χ1v) is 6.42. The second-order valence-electron chi connectivity index (χ2n) is 4.94. The SMILES string of the molecule is C#CC(c1ccc(N(C)C)cc1)c1ccccc1C. The molecule has 0 bridgehead atoms. The summed E-state index contributed by atoms with van der Waals surface area (Å²) in [5.41, 5.74) is 4.80. The molecule has 0 heterocycles. The van der Waals surface area contributed by atoms with Gasteiger partial charge in [-0.1, -0.05) is 42.3 Å². The Bertz CT molecular complexity index is 588. The fourth-order valence-electron chi connectivity index (χ4n) is 2.24. The Morgan fingerprint density at radius 1 is 1.00 bits per heavy atom. The number of benzene rings is 2. The van der Waals surface area contributed by atoms with E-state index in [2.05, 4.69) is 54.1 Å². The molecule has 0 N–H and O–H groups in total. The maximum Gasteiger partial charge on any atom is 0.0702 e. The summed E-state index contributed by atoms with van der Waals surface area (Å²) in [4.78, 5) is 2.09. The normalized spacial score (nSPS) is 11.7. The second kappa shape index (κ2) is 5.63. The highest BCUT2D eigenvalue weighted by Crippen LogP contribution is 2.27. The van der Waals surface area contributed by atoms with Crippen LogP contribution in [0.4, 0.5) is 5.69 Å². The van der Waals surface area contributed by atoms with Crippen molar-refractivity contribution in [2.45, 2.75) is 12.8 Å². The topological polar surface area (TPSA) is 3.24 Å². The lowest BCUT2D eigenvalue weighted by atomic mass is 9.89. The summed E-state index contributed by atoms with van der Waals surface area (Å²) in [6.45, 7) is 2.11. The van der Waals surface area contributed by atoms with Gasteiger partial charge in [-0.2, -0.15) is 0 Å². The standard InChI is InChI=1S/C18H19N/c1-5-17(18-9-7-6-8-14(18)2)15-10-12-16(13-11-15)19(3)4/h1,6-13,17H,2-4H3. The highest BCUT2D eigenvalue weighted by molar-refractivity contribution is 5.50. The smallest absolute Gasteiger partial charge is 0.0702 e. The number of hydrogen-bond acceptors (Lipinski definition) is 1. The van der Waals surface area contributed by atoms with Crippen LogP contribution in [0.2, 0.25) is 0 Å². The summed E-state index contributed by atoms with van der Waals surface area (Å²) in [7, 11) is 4.07. The maximum atomic E-state index is 5.74. The molecule has 0 aliphatic heterocycles. The zero-order valence-electron chi connectivity index (χ0n) is 11.7. The Labute approximate surface area is 115 Å². The van der Waals surface area contributed by atoms with Crippen molar-refractivity contribution in [1.82, 2.24) is 0 Å². The van der Waals surface area contributed by atoms with Gasteiger partial charge < -0.3 is 4.90 Å². The third kappa shape index (κ3) is 2.80. The minimum Gasteiger partial charge on any atom is -0.378 e. The summed E-state index contributed by atoms with van der Waals surface area (Å²) in [5, 5.41) is 0. The molecule has 96 valence electrons. The minimum atomic E-state index is 0.0254. The van der Waals surface area contributed by atoms with Gasteiger partial charge in [0.2, 0.25) is 0 Å². The number of nitrogens with zero attached hydrogens (tertiary/aromatic N) is 1. The summed E-state index contributed by atoms with van der Waals surface area (Å²) < 4.78 is 0. The van der Waals surface area contributed by atoms with Crippen LogP contribution >= 0.6 is 0 Å². The molecule has 0 aliphatic rings. The van der Waals surface area contributed by atoms with Crippen molar-refractivity contribution in [2.24, 2.45) is 0 Å². The van der Waals surface area contributed by atoms with E-state index in [0.29, 0.717) is 0 Å². The van der Waals surface area contributed by atoms with Gasteiger partial charge in [0, 0.05) is 19.8 Å². The van der Waals surface area contributed by atoms with E-state index < -0.39 is 0 Å². The first-order valence-electron chi connectivity index (χ1n) is 6.42. The molecule has 0 saturated carbocycles. The molecular weight excluding hydrogens is 230 g/mol. The van der Waals surface area contributed by atoms with Gasteiger partial charge in [0.05, 0.1) is 5.92 Å². The van der Waals surface area contributed by atoms with Gasteiger partial charge in [-0.25, -0.2) is 0 Å². The van der Waals surface area contributed by atoms with E-state index in [1.54, 1.807) is 0 Å². The number of aryl methyl sites for hydroxylation is 1. The first kappa shape index (κ1) is 13.2. The largest absolute Gasteiger partial charge is 0.378 e. The van der Waals surface area contributed by atoms with Gasteiger partial charge >= 0.3 is 0 Å². The quantitative estimate of drug-likeness (QED) is 0.747. The van der Waals surface area contributed by atoms with Crippen molar-refractivity contribution in [3.63, 3.8) is 0 Å². The zero-order chi connectivity index (χ0) is 13.8. The van der Waals surface area contributed by atoms with Crippen molar-refractivity contribution in [1.29, 1.82) is 0 Å². The maximum absolute atomic E-state index is 5.74. The molecule has 1 atom stereocenters. The van der Waals surface area contributed by atoms with E-state index in [9.17, 15) is 0 Å². The molecule has 0 fully saturated rings. The molecule has 2 rings (SSSR count). The fourth-order valence-corrected chi connectivity index (χ4v) is 2.24. The van der Waals surface area contributed by atoms with E-state index in [4.69, 9.17) is 6.42 Å². The molecule has 1 unspecified atom stereocenters. The number of rotatable bonds is 3. The van der Waals surface area contributed by atoms with Gasteiger partial charge in [-0.15, -0.1) is 6.42 Å². The number of terminal acetylenes is 1. The first-order chi connectivity index (χ1) is 9.13. The highest BCUT2D eigenvalue weighted by Gasteiger charge is 2.13. The average Bonchev–Trinajstić information content (AvgIpc) is 2.42. The summed E-state index contributed by atoms with van der Waals surface area (Å²) in [6.07, 6.45) is 5.74. The zero-order valence-corrected chi connectivity index (χ0v) is 11.7. The average molecular weight is 249 g/mol. The lowest BCUT2D eigenvalue weighted by Crippen LogP contribution is -2.08.